The molecule has 0 radical (unpaired) electrons. The maximum absolute atomic E-state index is 11.6. The van der Waals surface area contributed by atoms with Crippen LogP contribution in [0.2, 0.25) is 10.0 Å². The lowest BCUT2D eigenvalue weighted by atomic mass is 9.85. The molecule has 1 aliphatic rings. The number of pyridine rings is 1. The highest BCUT2D eigenvalue weighted by molar-refractivity contribution is 7.99. The molecular formula is C23H24Cl2N2O2S. The van der Waals surface area contributed by atoms with Crippen LogP contribution >= 0.6 is 35.0 Å². The minimum Gasteiger partial charge on any atom is -0.481 e. The molecule has 3 heterocycles. The first-order valence-corrected chi connectivity index (χ1v) is 11.6. The zero-order chi connectivity index (χ0) is 21.6. The van der Waals surface area contributed by atoms with Crippen LogP contribution in [0.25, 0.3) is 11.0 Å². The number of nitrogens with zero attached hydrogens (tertiary/aromatic N) is 2. The predicted octanol–water partition coefficient (Wildman–Crippen LogP) is 7.14. The number of carboxylic acids is 1. The summed E-state index contributed by atoms with van der Waals surface area (Å²) in [5.41, 5.74) is 3.16. The topological polar surface area (TPSA) is 55.1 Å². The molecule has 7 heteroatoms. The molecule has 0 fully saturated rings. The number of hydrogen-bond donors (Lipinski definition) is 1. The second kappa shape index (κ2) is 8.10. The standard InChI is InChI=1S/C23H24Cl2N2O2S/c1-23(2,3)15-8-9-26-22-19(15)21(30-14-6-7-16(24)17(25)12-14)20-13(11-18(28)29)5-4-10-27(20)22/h6-9,12-13H,4-5,10-11H2,1-3H3,(H,28,29). The Morgan fingerprint density at radius 2 is 2.03 bits per heavy atom. The zero-order valence-electron chi connectivity index (χ0n) is 17.2. The van der Waals surface area contributed by atoms with Crippen molar-refractivity contribution in [1.29, 1.82) is 0 Å². The molecule has 3 aromatic rings. The van der Waals surface area contributed by atoms with E-state index in [4.69, 9.17) is 28.2 Å². The van der Waals surface area contributed by atoms with Gasteiger partial charge in [-0.15, -0.1) is 0 Å². The van der Waals surface area contributed by atoms with Crippen molar-refractivity contribution < 1.29 is 9.90 Å². The lowest BCUT2D eigenvalue weighted by Crippen LogP contribution is -2.18. The van der Waals surface area contributed by atoms with Crippen molar-refractivity contribution >= 4 is 52.0 Å². The zero-order valence-corrected chi connectivity index (χ0v) is 19.5. The molecule has 0 saturated heterocycles. The van der Waals surface area contributed by atoms with Gasteiger partial charge in [0.25, 0.3) is 0 Å². The minimum atomic E-state index is -0.770. The molecule has 1 unspecified atom stereocenters. The normalized spacial score (nSPS) is 16.6. The van der Waals surface area contributed by atoms with Gasteiger partial charge < -0.3 is 9.67 Å². The van der Waals surface area contributed by atoms with Gasteiger partial charge in [0.2, 0.25) is 0 Å². The van der Waals surface area contributed by atoms with E-state index >= 15 is 0 Å². The summed E-state index contributed by atoms with van der Waals surface area (Å²) in [6, 6.07) is 7.71. The van der Waals surface area contributed by atoms with Gasteiger partial charge >= 0.3 is 5.97 Å². The summed E-state index contributed by atoms with van der Waals surface area (Å²) >= 11 is 14.0. The van der Waals surface area contributed by atoms with Gasteiger partial charge in [0, 0.05) is 39.5 Å². The van der Waals surface area contributed by atoms with Crippen molar-refractivity contribution in [3.05, 3.63) is 51.8 Å². The van der Waals surface area contributed by atoms with Crippen molar-refractivity contribution in [2.45, 2.75) is 67.7 Å². The van der Waals surface area contributed by atoms with Crippen molar-refractivity contribution in [1.82, 2.24) is 9.55 Å². The number of fused-ring (bicyclic) bond motifs is 3. The molecule has 0 bridgehead atoms. The van der Waals surface area contributed by atoms with Crippen LogP contribution < -0.4 is 0 Å². The molecule has 0 amide bonds. The maximum atomic E-state index is 11.6. The maximum Gasteiger partial charge on any atom is 0.304 e. The van der Waals surface area contributed by atoms with Gasteiger partial charge in [-0.05, 0) is 48.1 Å². The minimum absolute atomic E-state index is 0.0384. The van der Waals surface area contributed by atoms with E-state index in [-0.39, 0.29) is 17.8 Å². The first-order chi connectivity index (χ1) is 14.2. The molecule has 1 atom stereocenters. The van der Waals surface area contributed by atoms with Crippen molar-refractivity contribution in [3.63, 3.8) is 0 Å². The number of carbonyl (C=O) groups is 1. The summed E-state index contributed by atoms with van der Waals surface area (Å²) in [5.74, 6) is -0.809. The van der Waals surface area contributed by atoms with Gasteiger partial charge in [0.15, 0.2) is 0 Å². The first kappa shape index (κ1) is 21.5. The monoisotopic (exact) mass is 462 g/mol. The molecule has 1 N–H and O–H groups in total. The molecule has 1 aromatic carbocycles. The average molecular weight is 463 g/mol. The smallest absolute Gasteiger partial charge is 0.304 e. The van der Waals surface area contributed by atoms with Crippen LogP contribution in [0.1, 0.15) is 57.2 Å². The van der Waals surface area contributed by atoms with E-state index in [1.165, 1.54) is 5.56 Å². The Balaban J connectivity index is 1.99. The van der Waals surface area contributed by atoms with Gasteiger partial charge in [-0.25, -0.2) is 4.98 Å². The molecule has 0 aliphatic carbocycles. The molecule has 2 aromatic heterocycles. The molecule has 0 saturated carbocycles. The number of aryl methyl sites for hydroxylation is 1. The number of benzene rings is 1. The summed E-state index contributed by atoms with van der Waals surface area (Å²) in [6.07, 6.45) is 3.80. The lowest BCUT2D eigenvalue weighted by Gasteiger charge is -2.25. The Hall–Kier alpha value is -1.69. The van der Waals surface area contributed by atoms with Gasteiger partial charge in [0.1, 0.15) is 5.65 Å². The van der Waals surface area contributed by atoms with E-state index in [0.29, 0.717) is 10.0 Å². The van der Waals surface area contributed by atoms with E-state index in [1.807, 2.05) is 18.3 Å². The molecular weight excluding hydrogens is 439 g/mol. The van der Waals surface area contributed by atoms with E-state index < -0.39 is 5.97 Å². The summed E-state index contributed by atoms with van der Waals surface area (Å²) in [5, 5.41) is 11.7. The number of rotatable bonds is 4. The van der Waals surface area contributed by atoms with Crippen LogP contribution in [-0.2, 0) is 16.8 Å². The molecule has 0 spiro atoms. The fourth-order valence-electron chi connectivity index (χ4n) is 4.30. The van der Waals surface area contributed by atoms with Crippen molar-refractivity contribution in [3.8, 4) is 0 Å². The number of aliphatic carboxylic acids is 1. The van der Waals surface area contributed by atoms with E-state index in [2.05, 4.69) is 31.4 Å². The van der Waals surface area contributed by atoms with Gasteiger partial charge in [-0.2, -0.15) is 0 Å². The van der Waals surface area contributed by atoms with Crippen LogP contribution in [0.4, 0.5) is 0 Å². The summed E-state index contributed by atoms with van der Waals surface area (Å²) in [7, 11) is 0. The number of hydrogen-bond acceptors (Lipinski definition) is 3. The Morgan fingerprint density at radius 3 is 2.70 bits per heavy atom. The van der Waals surface area contributed by atoms with Gasteiger partial charge in [-0.1, -0.05) is 55.7 Å². The Labute approximate surface area is 190 Å². The molecule has 158 valence electrons. The summed E-state index contributed by atoms with van der Waals surface area (Å²) in [6.45, 7) is 7.44. The van der Waals surface area contributed by atoms with E-state index in [9.17, 15) is 9.90 Å². The third-order valence-corrected chi connectivity index (χ3v) is 7.44. The Kier molecular flexibility index (Phi) is 5.82. The predicted molar refractivity (Wildman–Crippen MR) is 123 cm³/mol. The second-order valence-electron chi connectivity index (χ2n) is 8.79. The molecule has 1 aliphatic heterocycles. The van der Waals surface area contributed by atoms with Crippen LogP contribution in [0, 0.1) is 0 Å². The second-order valence-corrected chi connectivity index (χ2v) is 10.7. The summed E-state index contributed by atoms with van der Waals surface area (Å²) < 4.78 is 2.24. The third-order valence-electron chi connectivity index (χ3n) is 5.60. The van der Waals surface area contributed by atoms with Crippen molar-refractivity contribution in [2.75, 3.05) is 0 Å². The summed E-state index contributed by atoms with van der Waals surface area (Å²) in [4.78, 5) is 18.4. The number of aromatic nitrogens is 2. The number of halogens is 2. The third kappa shape index (κ3) is 3.95. The van der Waals surface area contributed by atoms with Crippen LogP contribution in [0.15, 0.2) is 40.3 Å². The van der Waals surface area contributed by atoms with E-state index in [0.717, 1.165) is 45.9 Å². The molecule has 4 nitrogen and oxygen atoms in total. The van der Waals surface area contributed by atoms with E-state index in [1.54, 1.807) is 17.8 Å². The number of carboxylic acid groups (broad SMARTS) is 1. The van der Waals surface area contributed by atoms with Gasteiger partial charge in [0.05, 0.1) is 16.5 Å². The van der Waals surface area contributed by atoms with Crippen LogP contribution in [-0.4, -0.2) is 20.6 Å². The highest BCUT2D eigenvalue weighted by Gasteiger charge is 2.32. The highest BCUT2D eigenvalue weighted by Crippen LogP contribution is 2.48. The SMILES string of the molecule is CC(C)(C)c1ccnc2c1c(Sc1ccc(Cl)c(Cl)c1)c1n2CCCC1CC(=O)O. The molecule has 4 rings (SSSR count). The Morgan fingerprint density at radius 1 is 1.27 bits per heavy atom. The quantitative estimate of drug-likeness (QED) is 0.447. The van der Waals surface area contributed by atoms with Gasteiger partial charge in [-0.3, -0.25) is 4.79 Å². The van der Waals surface area contributed by atoms with Crippen LogP contribution in [0.5, 0.6) is 0 Å². The average Bonchev–Trinajstić information content (AvgIpc) is 2.98. The molecule has 30 heavy (non-hydrogen) atoms. The fraction of sp³-hybridized carbons (Fsp3) is 0.391. The largest absolute Gasteiger partial charge is 0.481 e. The first-order valence-electron chi connectivity index (χ1n) is 10.0. The van der Waals surface area contributed by atoms with Crippen molar-refractivity contribution in [2.24, 2.45) is 0 Å². The highest BCUT2D eigenvalue weighted by atomic mass is 35.5. The lowest BCUT2D eigenvalue weighted by molar-refractivity contribution is -0.137. The van der Waals surface area contributed by atoms with Crippen LogP contribution in [0.3, 0.4) is 0 Å². The Bertz CT molecular complexity index is 1130. The fourth-order valence-corrected chi connectivity index (χ4v) is 5.90.